The molecule has 3 N–H and O–H groups in total. The summed E-state index contributed by atoms with van der Waals surface area (Å²) in [5.74, 6) is -0.112. The van der Waals surface area contributed by atoms with Crippen molar-refractivity contribution in [2.24, 2.45) is 0 Å². The molecule has 2 aromatic rings. The van der Waals surface area contributed by atoms with Gasteiger partial charge in [-0.1, -0.05) is 23.7 Å². The largest absolute Gasteiger partial charge is 0.341 e. The van der Waals surface area contributed by atoms with Gasteiger partial charge in [0.1, 0.15) is 0 Å². The van der Waals surface area contributed by atoms with E-state index in [0.29, 0.717) is 17.3 Å². The molecule has 1 aliphatic carbocycles. The van der Waals surface area contributed by atoms with Gasteiger partial charge in [-0.25, -0.2) is 0 Å². The molecule has 0 unspecified atom stereocenters. The highest BCUT2D eigenvalue weighted by Gasteiger charge is 2.46. The fraction of sp³-hybridized carbons (Fsp3) is 0.375. The fourth-order valence-corrected chi connectivity index (χ4v) is 3.28. The minimum Gasteiger partial charge on any atom is -0.341 e. The van der Waals surface area contributed by atoms with Crippen molar-refractivity contribution < 1.29 is 4.79 Å². The molecule has 0 spiro atoms. The monoisotopic (exact) mass is 316 g/mol. The van der Waals surface area contributed by atoms with Crippen molar-refractivity contribution in [3.05, 3.63) is 51.8 Å². The Morgan fingerprint density at radius 3 is 3.00 bits per heavy atom. The fourth-order valence-electron chi connectivity index (χ4n) is 3.09. The second kappa shape index (κ2) is 5.11. The number of H-pyrrole nitrogens is 1. The van der Waals surface area contributed by atoms with E-state index in [1.165, 1.54) is 0 Å². The molecule has 6 heteroatoms. The predicted octanol–water partition coefficient (Wildman–Crippen LogP) is 2.13. The number of halogens is 1. The molecule has 1 saturated carbocycles. The van der Waals surface area contributed by atoms with E-state index in [1.54, 1.807) is 0 Å². The molecule has 0 saturated heterocycles. The Labute approximate surface area is 133 Å². The van der Waals surface area contributed by atoms with E-state index in [-0.39, 0.29) is 11.4 Å². The second-order valence-corrected chi connectivity index (χ2v) is 6.44. The van der Waals surface area contributed by atoms with E-state index < -0.39 is 0 Å². The third-order valence-electron chi connectivity index (χ3n) is 4.50. The van der Waals surface area contributed by atoms with Crippen LogP contribution in [0.2, 0.25) is 5.02 Å². The highest BCUT2D eigenvalue weighted by atomic mass is 35.5. The number of carbonyl (C=O) groups is 1. The maximum Gasteiger partial charge on any atom is 0.272 e. The van der Waals surface area contributed by atoms with Crippen LogP contribution in [0.15, 0.2) is 24.3 Å². The zero-order valence-electron chi connectivity index (χ0n) is 12.1. The molecule has 1 amide bonds. The standard InChI is InChI=1S/C16H17ClN4O/c17-11-3-1-2-10(8-11)16(5-6-16)19-15(22)14-12-9-18-7-4-13(12)20-21-14/h1-3,8,18H,4-7,9H2,(H,19,22)(H,20,21). The van der Waals surface area contributed by atoms with Crippen molar-refractivity contribution in [3.63, 3.8) is 0 Å². The first-order chi connectivity index (χ1) is 10.7. The maximum absolute atomic E-state index is 12.6. The zero-order valence-corrected chi connectivity index (χ0v) is 12.8. The number of aromatic nitrogens is 2. The molecule has 2 heterocycles. The molecule has 0 radical (unpaired) electrons. The van der Waals surface area contributed by atoms with Crippen LogP contribution in [0.4, 0.5) is 0 Å². The summed E-state index contributed by atoms with van der Waals surface area (Å²) in [6.45, 7) is 1.61. The van der Waals surface area contributed by atoms with Crippen LogP contribution in [0.25, 0.3) is 0 Å². The van der Waals surface area contributed by atoms with Gasteiger partial charge >= 0.3 is 0 Å². The van der Waals surface area contributed by atoms with Gasteiger partial charge in [0.25, 0.3) is 5.91 Å². The SMILES string of the molecule is O=C(NC1(c2cccc(Cl)c2)CC1)c1n[nH]c2c1CNCC2. The number of rotatable bonds is 3. The summed E-state index contributed by atoms with van der Waals surface area (Å²) >= 11 is 6.07. The Bertz CT molecular complexity index is 735. The quantitative estimate of drug-likeness (QED) is 0.812. The highest BCUT2D eigenvalue weighted by molar-refractivity contribution is 6.30. The zero-order chi connectivity index (χ0) is 15.2. The average molecular weight is 317 g/mol. The third-order valence-corrected chi connectivity index (χ3v) is 4.74. The first-order valence-electron chi connectivity index (χ1n) is 7.53. The number of hydrogen-bond acceptors (Lipinski definition) is 3. The lowest BCUT2D eigenvalue weighted by Gasteiger charge is -2.19. The molecule has 22 heavy (non-hydrogen) atoms. The van der Waals surface area contributed by atoms with Gasteiger partial charge in [-0.3, -0.25) is 9.89 Å². The van der Waals surface area contributed by atoms with Crippen molar-refractivity contribution in [1.82, 2.24) is 20.8 Å². The Morgan fingerprint density at radius 1 is 1.36 bits per heavy atom. The van der Waals surface area contributed by atoms with Gasteiger partial charge in [-0.05, 0) is 30.5 Å². The van der Waals surface area contributed by atoms with Crippen molar-refractivity contribution in [2.45, 2.75) is 31.3 Å². The highest BCUT2D eigenvalue weighted by Crippen LogP contribution is 2.46. The lowest BCUT2D eigenvalue weighted by atomic mass is 10.0. The molecule has 1 aromatic heterocycles. The Balaban J connectivity index is 1.58. The van der Waals surface area contributed by atoms with E-state index in [2.05, 4.69) is 20.8 Å². The Hall–Kier alpha value is -1.85. The lowest BCUT2D eigenvalue weighted by Crippen LogP contribution is -2.36. The summed E-state index contributed by atoms with van der Waals surface area (Å²) in [4.78, 5) is 12.6. The molecule has 1 aromatic carbocycles. The summed E-state index contributed by atoms with van der Waals surface area (Å²) in [6, 6.07) is 7.71. The summed E-state index contributed by atoms with van der Waals surface area (Å²) < 4.78 is 0. The Morgan fingerprint density at radius 2 is 2.23 bits per heavy atom. The minimum absolute atomic E-state index is 0.112. The molecule has 1 fully saturated rings. The van der Waals surface area contributed by atoms with Crippen molar-refractivity contribution in [1.29, 1.82) is 0 Å². The van der Waals surface area contributed by atoms with Crippen LogP contribution in [-0.2, 0) is 18.5 Å². The summed E-state index contributed by atoms with van der Waals surface area (Å²) in [5, 5.41) is 14.3. The van der Waals surface area contributed by atoms with Crippen LogP contribution in [0.1, 0.15) is 40.2 Å². The normalized spacial score (nSPS) is 18.6. The molecular weight excluding hydrogens is 300 g/mol. The van der Waals surface area contributed by atoms with Crippen molar-refractivity contribution >= 4 is 17.5 Å². The number of fused-ring (bicyclic) bond motifs is 1. The van der Waals surface area contributed by atoms with E-state index in [4.69, 9.17) is 11.6 Å². The molecule has 4 rings (SSSR count). The maximum atomic E-state index is 12.6. The van der Waals surface area contributed by atoms with Gasteiger partial charge in [0.2, 0.25) is 0 Å². The minimum atomic E-state index is -0.282. The number of amides is 1. The van der Waals surface area contributed by atoms with Crippen LogP contribution in [0, 0.1) is 0 Å². The van der Waals surface area contributed by atoms with Crippen LogP contribution >= 0.6 is 11.6 Å². The van der Waals surface area contributed by atoms with E-state index in [1.807, 2.05) is 24.3 Å². The van der Waals surface area contributed by atoms with Gasteiger partial charge < -0.3 is 10.6 Å². The second-order valence-electron chi connectivity index (χ2n) is 6.00. The van der Waals surface area contributed by atoms with Crippen LogP contribution in [0.3, 0.4) is 0 Å². The number of benzene rings is 1. The number of aromatic amines is 1. The smallest absolute Gasteiger partial charge is 0.272 e. The van der Waals surface area contributed by atoms with Crippen LogP contribution in [-0.4, -0.2) is 22.6 Å². The molecular formula is C16H17ClN4O. The van der Waals surface area contributed by atoms with Crippen molar-refractivity contribution in [2.75, 3.05) is 6.54 Å². The topological polar surface area (TPSA) is 69.8 Å². The first kappa shape index (κ1) is 13.8. The molecule has 0 bridgehead atoms. The van der Waals surface area contributed by atoms with E-state index >= 15 is 0 Å². The van der Waals surface area contributed by atoms with E-state index in [9.17, 15) is 4.79 Å². The molecule has 0 atom stereocenters. The number of nitrogens with zero attached hydrogens (tertiary/aromatic N) is 1. The summed E-state index contributed by atoms with van der Waals surface area (Å²) in [7, 11) is 0. The molecule has 114 valence electrons. The summed E-state index contributed by atoms with van der Waals surface area (Å²) in [5.41, 5.74) is 3.35. The van der Waals surface area contributed by atoms with Crippen LogP contribution < -0.4 is 10.6 Å². The van der Waals surface area contributed by atoms with Gasteiger partial charge in [0, 0.05) is 35.8 Å². The predicted molar refractivity (Wildman–Crippen MR) is 83.8 cm³/mol. The molecule has 5 nitrogen and oxygen atoms in total. The lowest BCUT2D eigenvalue weighted by molar-refractivity contribution is 0.0924. The number of carbonyl (C=O) groups excluding carboxylic acids is 1. The number of nitrogens with one attached hydrogen (secondary N) is 3. The van der Waals surface area contributed by atoms with Gasteiger partial charge in [0.15, 0.2) is 5.69 Å². The van der Waals surface area contributed by atoms with Gasteiger partial charge in [-0.2, -0.15) is 5.10 Å². The average Bonchev–Trinajstić information content (AvgIpc) is 3.17. The van der Waals surface area contributed by atoms with Gasteiger partial charge in [-0.15, -0.1) is 0 Å². The van der Waals surface area contributed by atoms with Gasteiger partial charge in [0.05, 0.1) is 5.54 Å². The first-order valence-corrected chi connectivity index (χ1v) is 7.91. The van der Waals surface area contributed by atoms with E-state index in [0.717, 1.165) is 42.6 Å². The van der Waals surface area contributed by atoms with Crippen molar-refractivity contribution in [3.8, 4) is 0 Å². The third kappa shape index (κ3) is 2.30. The Kier molecular flexibility index (Phi) is 3.20. The van der Waals surface area contributed by atoms with Crippen LogP contribution in [0.5, 0.6) is 0 Å². The molecule has 2 aliphatic rings. The number of hydrogen-bond donors (Lipinski definition) is 3. The summed E-state index contributed by atoms with van der Waals surface area (Å²) in [6.07, 6.45) is 2.75. The molecule has 1 aliphatic heterocycles.